The van der Waals surface area contributed by atoms with Crippen LogP contribution in [0.15, 0.2) is 30.3 Å². The van der Waals surface area contributed by atoms with E-state index in [-0.39, 0.29) is 31.5 Å². The van der Waals surface area contributed by atoms with Gasteiger partial charge in [-0.3, -0.25) is 0 Å². The predicted octanol–water partition coefficient (Wildman–Crippen LogP) is 3.69. The Hall–Kier alpha value is -2.77. The minimum atomic E-state index is -1.46. The summed E-state index contributed by atoms with van der Waals surface area (Å²) in [5, 5.41) is 12.6. The van der Waals surface area contributed by atoms with Crippen molar-refractivity contribution in [1.29, 1.82) is 0 Å². The summed E-state index contributed by atoms with van der Waals surface area (Å²) in [4.78, 5) is 39.0. The van der Waals surface area contributed by atoms with E-state index in [1.807, 2.05) is 30.3 Å². The molecule has 0 spiro atoms. The predicted molar refractivity (Wildman–Crippen MR) is 109 cm³/mol. The standard InChI is InChI=1S/C22H30N2O6/c1-21(2,3)30-19(27)23-22(18(25)26)12-16-10-7-11-17(13-22)24(16)20(28)29-14-15-8-5-4-6-9-15/h4-6,8-9,16-17H,7,10-14H2,1-3H3,(H,23,27)(H,25,26). The number of benzene rings is 1. The van der Waals surface area contributed by atoms with Crippen LogP contribution < -0.4 is 5.32 Å². The van der Waals surface area contributed by atoms with Gasteiger partial charge in [-0.25, -0.2) is 14.4 Å². The van der Waals surface area contributed by atoms with Crippen molar-refractivity contribution in [3.63, 3.8) is 0 Å². The normalized spacial score (nSPS) is 25.9. The molecule has 2 unspecified atom stereocenters. The highest BCUT2D eigenvalue weighted by Crippen LogP contribution is 2.40. The minimum Gasteiger partial charge on any atom is -0.480 e. The van der Waals surface area contributed by atoms with E-state index in [0.717, 1.165) is 12.0 Å². The van der Waals surface area contributed by atoms with E-state index in [9.17, 15) is 19.5 Å². The van der Waals surface area contributed by atoms with Crippen LogP contribution in [0.3, 0.4) is 0 Å². The Kier molecular flexibility index (Phi) is 6.24. The molecule has 2 saturated heterocycles. The number of ether oxygens (including phenoxy) is 2. The lowest BCUT2D eigenvalue weighted by molar-refractivity contribution is -0.150. The van der Waals surface area contributed by atoms with Crippen LogP contribution in [-0.2, 0) is 20.9 Å². The van der Waals surface area contributed by atoms with E-state index < -0.39 is 29.3 Å². The molecule has 2 atom stereocenters. The average Bonchev–Trinajstić information content (AvgIpc) is 2.64. The molecule has 0 aromatic heterocycles. The Labute approximate surface area is 176 Å². The third-order valence-electron chi connectivity index (χ3n) is 5.60. The number of amides is 2. The number of rotatable bonds is 4. The number of carbonyl (C=O) groups is 3. The molecule has 1 aromatic carbocycles. The summed E-state index contributed by atoms with van der Waals surface area (Å²) in [6, 6.07) is 8.78. The number of piperidine rings is 2. The monoisotopic (exact) mass is 418 g/mol. The number of carbonyl (C=O) groups excluding carboxylic acids is 2. The summed E-state index contributed by atoms with van der Waals surface area (Å²) in [6.07, 6.45) is 1.29. The van der Waals surface area contributed by atoms with Crippen molar-refractivity contribution in [2.45, 2.75) is 82.7 Å². The first-order valence-corrected chi connectivity index (χ1v) is 10.3. The summed E-state index contributed by atoms with van der Waals surface area (Å²) in [7, 11) is 0. The molecule has 2 aliphatic heterocycles. The zero-order valence-electron chi connectivity index (χ0n) is 17.7. The quantitative estimate of drug-likeness (QED) is 0.773. The van der Waals surface area contributed by atoms with E-state index in [2.05, 4.69) is 5.32 Å². The molecule has 3 rings (SSSR count). The largest absolute Gasteiger partial charge is 0.480 e. The van der Waals surface area contributed by atoms with E-state index in [0.29, 0.717) is 12.8 Å². The molecule has 0 saturated carbocycles. The van der Waals surface area contributed by atoms with Gasteiger partial charge in [0, 0.05) is 24.9 Å². The van der Waals surface area contributed by atoms with E-state index in [1.165, 1.54) is 0 Å². The Balaban J connectivity index is 1.71. The molecule has 2 bridgehead atoms. The number of nitrogens with one attached hydrogen (secondary N) is 1. The number of carboxylic acid groups (broad SMARTS) is 1. The van der Waals surface area contributed by atoms with Gasteiger partial charge in [-0.1, -0.05) is 30.3 Å². The molecule has 8 heteroatoms. The van der Waals surface area contributed by atoms with Gasteiger partial charge in [0.05, 0.1) is 0 Å². The third kappa shape index (κ3) is 5.04. The van der Waals surface area contributed by atoms with Gasteiger partial charge in [-0.15, -0.1) is 0 Å². The fraction of sp³-hybridized carbons (Fsp3) is 0.591. The SMILES string of the molecule is CC(C)(C)OC(=O)NC1(C(=O)O)CC2CCCC(C1)N2C(=O)OCc1ccccc1. The first kappa shape index (κ1) is 21.9. The molecule has 2 amide bonds. The van der Waals surface area contributed by atoms with E-state index in [4.69, 9.17) is 9.47 Å². The Bertz CT molecular complexity index is 775. The van der Waals surface area contributed by atoms with E-state index in [1.54, 1.807) is 25.7 Å². The Morgan fingerprint density at radius 1 is 1.13 bits per heavy atom. The van der Waals surface area contributed by atoms with Gasteiger partial charge < -0.3 is 24.8 Å². The summed E-state index contributed by atoms with van der Waals surface area (Å²) in [5.41, 5.74) is -1.31. The molecule has 0 aliphatic carbocycles. The molecule has 2 heterocycles. The maximum absolute atomic E-state index is 12.8. The van der Waals surface area contributed by atoms with Gasteiger partial charge in [0.15, 0.2) is 0 Å². The van der Waals surface area contributed by atoms with Crippen molar-refractivity contribution in [3.8, 4) is 0 Å². The highest BCUT2D eigenvalue weighted by molar-refractivity contribution is 5.85. The van der Waals surface area contributed by atoms with Crippen LogP contribution >= 0.6 is 0 Å². The lowest BCUT2D eigenvalue weighted by Crippen LogP contribution is -2.67. The summed E-state index contributed by atoms with van der Waals surface area (Å²) >= 11 is 0. The lowest BCUT2D eigenvalue weighted by atomic mass is 9.73. The molecule has 2 aliphatic rings. The number of nitrogens with zero attached hydrogens (tertiary/aromatic N) is 1. The highest BCUT2D eigenvalue weighted by atomic mass is 16.6. The van der Waals surface area contributed by atoms with Gasteiger partial charge in [-0.05, 0) is 45.6 Å². The maximum Gasteiger partial charge on any atom is 0.410 e. The maximum atomic E-state index is 12.8. The molecular weight excluding hydrogens is 388 g/mol. The Morgan fingerprint density at radius 3 is 2.27 bits per heavy atom. The lowest BCUT2D eigenvalue weighted by Gasteiger charge is -2.51. The topological polar surface area (TPSA) is 105 Å². The van der Waals surface area contributed by atoms with Crippen molar-refractivity contribution in [3.05, 3.63) is 35.9 Å². The van der Waals surface area contributed by atoms with Crippen molar-refractivity contribution in [1.82, 2.24) is 10.2 Å². The molecule has 164 valence electrons. The van der Waals surface area contributed by atoms with Crippen LogP contribution in [0.4, 0.5) is 9.59 Å². The number of hydrogen-bond acceptors (Lipinski definition) is 5. The van der Waals surface area contributed by atoms with Crippen LogP contribution in [0.1, 0.15) is 58.4 Å². The second-order valence-electron chi connectivity index (χ2n) is 9.11. The van der Waals surface area contributed by atoms with Crippen LogP contribution in [0.25, 0.3) is 0 Å². The molecule has 8 nitrogen and oxygen atoms in total. The van der Waals surface area contributed by atoms with Crippen LogP contribution in [0.5, 0.6) is 0 Å². The van der Waals surface area contributed by atoms with Crippen LogP contribution in [0, 0.1) is 0 Å². The zero-order valence-corrected chi connectivity index (χ0v) is 17.7. The fourth-order valence-electron chi connectivity index (χ4n) is 4.38. The molecular formula is C22H30N2O6. The molecule has 1 aromatic rings. The zero-order chi connectivity index (χ0) is 21.9. The Morgan fingerprint density at radius 2 is 1.73 bits per heavy atom. The number of hydrogen-bond donors (Lipinski definition) is 2. The smallest absolute Gasteiger partial charge is 0.410 e. The number of aliphatic carboxylic acids is 1. The molecule has 30 heavy (non-hydrogen) atoms. The van der Waals surface area contributed by atoms with Crippen molar-refractivity contribution in [2.24, 2.45) is 0 Å². The first-order chi connectivity index (χ1) is 14.1. The average molecular weight is 418 g/mol. The van der Waals surface area contributed by atoms with Gasteiger partial charge in [0.2, 0.25) is 0 Å². The van der Waals surface area contributed by atoms with Gasteiger partial charge in [-0.2, -0.15) is 0 Å². The summed E-state index contributed by atoms with van der Waals surface area (Å²) < 4.78 is 10.8. The summed E-state index contributed by atoms with van der Waals surface area (Å²) in [5.74, 6) is -1.11. The first-order valence-electron chi connectivity index (χ1n) is 10.3. The number of carboxylic acids is 1. The fourth-order valence-corrected chi connectivity index (χ4v) is 4.38. The molecule has 2 N–H and O–H groups in total. The third-order valence-corrected chi connectivity index (χ3v) is 5.60. The number of fused-ring (bicyclic) bond motifs is 2. The molecule has 2 fully saturated rings. The van der Waals surface area contributed by atoms with Crippen LogP contribution in [-0.4, -0.2) is 51.4 Å². The van der Waals surface area contributed by atoms with E-state index >= 15 is 0 Å². The second kappa shape index (κ2) is 8.53. The van der Waals surface area contributed by atoms with Gasteiger partial charge in [0.1, 0.15) is 17.7 Å². The minimum absolute atomic E-state index is 0.124. The summed E-state index contributed by atoms with van der Waals surface area (Å²) in [6.45, 7) is 5.33. The number of alkyl carbamates (subject to hydrolysis) is 1. The second-order valence-corrected chi connectivity index (χ2v) is 9.11. The van der Waals surface area contributed by atoms with Crippen molar-refractivity contribution in [2.75, 3.05) is 0 Å². The highest BCUT2D eigenvalue weighted by Gasteiger charge is 2.53. The van der Waals surface area contributed by atoms with Crippen LogP contribution in [0.2, 0.25) is 0 Å². The van der Waals surface area contributed by atoms with Gasteiger partial charge >= 0.3 is 18.2 Å². The van der Waals surface area contributed by atoms with Gasteiger partial charge in [0.25, 0.3) is 0 Å². The van der Waals surface area contributed by atoms with Crippen molar-refractivity contribution >= 4 is 18.2 Å². The van der Waals surface area contributed by atoms with Crippen molar-refractivity contribution < 1.29 is 29.0 Å². The molecule has 0 radical (unpaired) electrons.